The maximum atomic E-state index is 11.0. The Morgan fingerprint density at radius 1 is 1.64 bits per heavy atom. The molecule has 0 aromatic rings. The second-order valence-corrected chi connectivity index (χ2v) is 2.43. The molecular weight excluding hydrogens is 168 g/mol. The van der Waals surface area contributed by atoms with Crippen molar-refractivity contribution in [2.24, 2.45) is 11.7 Å². The number of imide groups is 1. The summed E-state index contributed by atoms with van der Waals surface area (Å²) in [5.74, 6) is -0.537. The zero-order valence-corrected chi connectivity index (χ0v) is 7.06. The Kier molecular flexibility index (Phi) is 3.48. The molecule has 4 nitrogen and oxygen atoms in total. The van der Waals surface area contributed by atoms with E-state index >= 15 is 0 Å². The third-order valence-electron chi connectivity index (χ3n) is 1.76. The number of nitrogens with zero attached hydrogens (tertiary/aromatic N) is 1. The van der Waals surface area contributed by atoms with Gasteiger partial charge in [0, 0.05) is 20.0 Å². The third-order valence-corrected chi connectivity index (χ3v) is 1.76. The van der Waals surface area contributed by atoms with Crippen LogP contribution in [0.25, 0.3) is 0 Å². The number of nitrogens with two attached hydrogens (primary N) is 1. The van der Waals surface area contributed by atoms with Gasteiger partial charge in [0.1, 0.15) is 0 Å². The molecule has 2 N–H and O–H groups in total. The summed E-state index contributed by atoms with van der Waals surface area (Å²) in [7, 11) is 1.49. The van der Waals surface area contributed by atoms with Gasteiger partial charge < -0.3 is 5.73 Å². The van der Waals surface area contributed by atoms with Gasteiger partial charge in [-0.2, -0.15) is 0 Å². The highest BCUT2D eigenvalue weighted by atomic mass is 35.5. The smallest absolute Gasteiger partial charge is 0.233 e. The summed E-state index contributed by atoms with van der Waals surface area (Å²) in [6.45, 7) is 0.273. The summed E-state index contributed by atoms with van der Waals surface area (Å²) in [6.07, 6.45) is 0.284. The summed E-state index contributed by atoms with van der Waals surface area (Å²) in [4.78, 5) is 22.9. The van der Waals surface area contributed by atoms with Crippen molar-refractivity contribution in [2.75, 3.05) is 13.6 Å². The molecule has 64 valence electrons. The minimum absolute atomic E-state index is 0. The number of rotatable bonds is 1. The molecule has 0 saturated carbocycles. The lowest BCUT2D eigenvalue weighted by Gasteiger charge is -2.05. The molecule has 1 rings (SSSR count). The molecule has 1 aliphatic heterocycles. The van der Waals surface area contributed by atoms with Crippen LogP contribution >= 0.6 is 12.4 Å². The molecule has 0 aromatic carbocycles. The number of halogens is 1. The van der Waals surface area contributed by atoms with E-state index in [1.165, 1.54) is 7.05 Å². The first-order valence-electron chi connectivity index (χ1n) is 3.17. The topological polar surface area (TPSA) is 63.4 Å². The number of hydrogen-bond donors (Lipinski definition) is 1. The quantitative estimate of drug-likeness (QED) is 0.544. The van der Waals surface area contributed by atoms with Gasteiger partial charge in [-0.1, -0.05) is 0 Å². The Morgan fingerprint density at radius 3 is 2.36 bits per heavy atom. The molecule has 2 amide bonds. The van der Waals surface area contributed by atoms with Crippen molar-refractivity contribution in [3.63, 3.8) is 0 Å². The molecule has 0 aliphatic carbocycles. The van der Waals surface area contributed by atoms with E-state index in [-0.39, 0.29) is 43.1 Å². The van der Waals surface area contributed by atoms with Crippen LogP contribution in [-0.4, -0.2) is 30.3 Å². The molecule has 1 saturated heterocycles. The molecular formula is C6H11ClN2O2. The molecule has 0 spiro atoms. The van der Waals surface area contributed by atoms with Gasteiger partial charge in [0.25, 0.3) is 0 Å². The van der Waals surface area contributed by atoms with Gasteiger partial charge in [0.2, 0.25) is 11.8 Å². The molecule has 1 unspecified atom stereocenters. The molecule has 11 heavy (non-hydrogen) atoms. The molecule has 0 aromatic heterocycles. The molecule has 1 fully saturated rings. The highest BCUT2D eigenvalue weighted by Crippen LogP contribution is 2.15. The highest BCUT2D eigenvalue weighted by molar-refractivity contribution is 6.03. The van der Waals surface area contributed by atoms with Crippen LogP contribution in [0.2, 0.25) is 0 Å². The van der Waals surface area contributed by atoms with Gasteiger partial charge in [-0.05, 0) is 0 Å². The fraction of sp³-hybridized carbons (Fsp3) is 0.667. The van der Waals surface area contributed by atoms with Gasteiger partial charge in [-0.3, -0.25) is 14.5 Å². The predicted octanol–water partition coefficient (Wildman–Crippen LogP) is -0.628. The normalized spacial score (nSPS) is 23.8. The van der Waals surface area contributed by atoms with Crippen molar-refractivity contribution in [3.05, 3.63) is 0 Å². The molecule has 0 radical (unpaired) electrons. The second-order valence-electron chi connectivity index (χ2n) is 2.43. The van der Waals surface area contributed by atoms with Crippen molar-refractivity contribution in [2.45, 2.75) is 6.42 Å². The number of hydrogen-bond acceptors (Lipinski definition) is 3. The maximum absolute atomic E-state index is 11.0. The third kappa shape index (κ3) is 1.70. The average Bonchev–Trinajstić information content (AvgIpc) is 2.17. The molecule has 1 atom stereocenters. The van der Waals surface area contributed by atoms with Gasteiger partial charge in [0.05, 0.1) is 5.92 Å². The van der Waals surface area contributed by atoms with Crippen LogP contribution in [0, 0.1) is 5.92 Å². The number of carbonyl (C=O) groups excluding carboxylic acids is 2. The van der Waals surface area contributed by atoms with E-state index in [1.807, 2.05) is 0 Å². The Hall–Kier alpha value is -0.610. The van der Waals surface area contributed by atoms with Crippen LogP contribution in [0.15, 0.2) is 0 Å². The summed E-state index contributed by atoms with van der Waals surface area (Å²) in [5, 5.41) is 0. The predicted molar refractivity (Wildman–Crippen MR) is 42.2 cm³/mol. The van der Waals surface area contributed by atoms with E-state index in [0.717, 1.165) is 4.90 Å². The summed E-state index contributed by atoms with van der Waals surface area (Å²) >= 11 is 0. The van der Waals surface area contributed by atoms with Gasteiger partial charge in [-0.25, -0.2) is 0 Å². The zero-order chi connectivity index (χ0) is 7.72. The fourth-order valence-electron chi connectivity index (χ4n) is 1.02. The van der Waals surface area contributed by atoms with Crippen molar-refractivity contribution in [1.29, 1.82) is 0 Å². The molecule has 1 heterocycles. The lowest BCUT2D eigenvalue weighted by molar-refractivity contribution is -0.137. The Bertz CT molecular complexity index is 183. The Labute approximate surface area is 71.1 Å². The Balaban J connectivity index is 0.000001000. The van der Waals surface area contributed by atoms with Crippen molar-refractivity contribution < 1.29 is 9.59 Å². The summed E-state index contributed by atoms with van der Waals surface area (Å²) < 4.78 is 0. The van der Waals surface area contributed by atoms with E-state index < -0.39 is 0 Å². The van der Waals surface area contributed by atoms with Crippen LogP contribution in [0.3, 0.4) is 0 Å². The van der Waals surface area contributed by atoms with Gasteiger partial charge in [0.15, 0.2) is 0 Å². The van der Waals surface area contributed by atoms with Gasteiger partial charge >= 0.3 is 0 Å². The maximum Gasteiger partial charge on any atom is 0.233 e. The van der Waals surface area contributed by atoms with Crippen LogP contribution in [0.5, 0.6) is 0 Å². The Morgan fingerprint density at radius 2 is 2.18 bits per heavy atom. The first-order chi connectivity index (χ1) is 4.66. The van der Waals surface area contributed by atoms with Crippen molar-refractivity contribution in [3.8, 4) is 0 Å². The first kappa shape index (κ1) is 10.4. The largest absolute Gasteiger partial charge is 0.330 e. The standard InChI is InChI=1S/C6H10N2O2.ClH/c1-8-5(9)2-4(3-7)6(8)10;/h4H,2-3,7H2,1H3;1H. The van der Waals surface area contributed by atoms with Crippen LogP contribution in [0.1, 0.15) is 6.42 Å². The van der Waals surface area contributed by atoms with E-state index in [4.69, 9.17) is 5.73 Å². The first-order valence-corrected chi connectivity index (χ1v) is 3.17. The second kappa shape index (κ2) is 3.69. The number of amides is 2. The van der Waals surface area contributed by atoms with Gasteiger partial charge in [-0.15, -0.1) is 12.4 Å². The zero-order valence-electron chi connectivity index (χ0n) is 6.24. The van der Waals surface area contributed by atoms with Crippen LogP contribution in [0.4, 0.5) is 0 Å². The molecule has 0 bridgehead atoms. The fourth-order valence-corrected chi connectivity index (χ4v) is 1.02. The van der Waals surface area contributed by atoms with Crippen LogP contribution in [-0.2, 0) is 9.59 Å². The monoisotopic (exact) mass is 178 g/mol. The van der Waals surface area contributed by atoms with Crippen molar-refractivity contribution >= 4 is 24.2 Å². The SMILES string of the molecule is CN1C(=O)CC(CN)C1=O.Cl. The highest BCUT2D eigenvalue weighted by Gasteiger charge is 2.34. The minimum Gasteiger partial charge on any atom is -0.330 e. The lowest BCUT2D eigenvalue weighted by atomic mass is 10.1. The summed E-state index contributed by atoms with van der Waals surface area (Å²) in [5.41, 5.74) is 5.25. The molecule has 1 aliphatic rings. The van der Waals surface area contributed by atoms with Crippen LogP contribution < -0.4 is 5.73 Å². The van der Waals surface area contributed by atoms with E-state index in [2.05, 4.69) is 0 Å². The van der Waals surface area contributed by atoms with Crippen molar-refractivity contribution in [1.82, 2.24) is 4.90 Å². The summed E-state index contributed by atoms with van der Waals surface area (Å²) in [6, 6.07) is 0. The molecule has 5 heteroatoms. The number of likely N-dealkylation sites (tertiary alicyclic amines) is 1. The van der Waals surface area contributed by atoms with E-state index in [9.17, 15) is 9.59 Å². The number of carbonyl (C=O) groups is 2. The minimum atomic E-state index is -0.266. The van der Waals surface area contributed by atoms with E-state index in [1.54, 1.807) is 0 Å². The average molecular weight is 179 g/mol. The van der Waals surface area contributed by atoms with E-state index in [0.29, 0.717) is 0 Å². The lowest BCUT2D eigenvalue weighted by Crippen LogP contribution is -2.28.